The largest absolute Gasteiger partial charge is 0.478 e. The van der Waals surface area contributed by atoms with Crippen molar-refractivity contribution < 1.29 is 18.3 Å². The molecule has 0 radical (unpaired) electrons. The lowest BCUT2D eigenvalue weighted by Gasteiger charge is -1.99. The molecule has 9 heteroatoms. The van der Waals surface area contributed by atoms with E-state index in [0.717, 1.165) is 6.26 Å². The van der Waals surface area contributed by atoms with Gasteiger partial charge in [0.1, 0.15) is 26.8 Å². The van der Waals surface area contributed by atoms with Crippen molar-refractivity contribution in [2.45, 2.75) is 6.54 Å². The number of aryl methyl sites for hydroxylation is 1. The van der Waals surface area contributed by atoms with E-state index in [-0.39, 0.29) is 23.6 Å². The van der Waals surface area contributed by atoms with Crippen LogP contribution in [0.4, 0.5) is 0 Å². The zero-order valence-corrected chi connectivity index (χ0v) is 11.4. The Morgan fingerprint density at radius 3 is 2.70 bits per heavy atom. The van der Waals surface area contributed by atoms with Crippen LogP contribution >= 0.6 is 0 Å². The summed E-state index contributed by atoms with van der Waals surface area (Å²) in [5, 5.41) is 13.2. The first kappa shape index (κ1) is 14.1. The fraction of sp³-hybridized carbons (Fsp3) is 0.273. The van der Waals surface area contributed by atoms with Gasteiger partial charge in [-0.05, 0) is 0 Å². The summed E-state index contributed by atoms with van der Waals surface area (Å²) in [7, 11) is -3.15. The second-order valence-corrected chi connectivity index (χ2v) is 6.44. The quantitative estimate of drug-likeness (QED) is 0.830. The van der Waals surface area contributed by atoms with Crippen LogP contribution in [0.3, 0.4) is 0 Å². The monoisotopic (exact) mass is 296 g/mol. The Labute approximate surface area is 115 Å². The van der Waals surface area contributed by atoms with E-state index in [2.05, 4.69) is 15.1 Å². The zero-order valence-electron chi connectivity index (χ0n) is 10.6. The minimum absolute atomic E-state index is 0.0426. The predicted molar refractivity (Wildman–Crippen MR) is 69.9 cm³/mol. The van der Waals surface area contributed by atoms with E-state index in [1.54, 1.807) is 0 Å². The highest BCUT2D eigenvalue weighted by Gasteiger charge is 2.18. The van der Waals surface area contributed by atoms with Gasteiger partial charge in [-0.25, -0.2) is 13.2 Å². The average molecular weight is 296 g/mol. The van der Waals surface area contributed by atoms with Gasteiger partial charge in [0.05, 0.1) is 18.5 Å². The highest BCUT2D eigenvalue weighted by Crippen LogP contribution is 2.19. The summed E-state index contributed by atoms with van der Waals surface area (Å²) in [5.41, 5.74) is 0.445. The molecule has 0 atom stereocenters. The molecular weight excluding hydrogens is 284 g/mol. The molecule has 2 heterocycles. The van der Waals surface area contributed by atoms with E-state index in [0.29, 0.717) is 5.69 Å². The third-order valence-electron chi connectivity index (χ3n) is 2.49. The Morgan fingerprint density at radius 2 is 2.15 bits per heavy atom. The van der Waals surface area contributed by atoms with Crippen LogP contribution in [0.5, 0.6) is 0 Å². The number of sulfone groups is 1. The molecule has 0 saturated carbocycles. The molecule has 0 aliphatic rings. The summed E-state index contributed by atoms with van der Waals surface area (Å²) < 4.78 is 23.5. The maximum atomic E-state index is 11.2. The molecule has 8 nitrogen and oxygen atoms in total. The Morgan fingerprint density at radius 1 is 1.40 bits per heavy atom. The summed E-state index contributed by atoms with van der Waals surface area (Å²) >= 11 is 0. The average Bonchev–Trinajstić information content (AvgIpc) is 2.81. The maximum Gasteiger partial charge on any atom is 0.339 e. The minimum atomic E-state index is -3.15. The van der Waals surface area contributed by atoms with Crippen molar-refractivity contribution in [3.05, 3.63) is 30.4 Å². The molecule has 0 aliphatic carbocycles. The number of carboxylic acid groups (broad SMARTS) is 1. The zero-order chi connectivity index (χ0) is 14.8. The molecule has 0 unspecified atom stereocenters. The van der Waals surface area contributed by atoms with Crippen molar-refractivity contribution in [1.29, 1.82) is 0 Å². The van der Waals surface area contributed by atoms with E-state index in [1.165, 1.54) is 29.5 Å². The summed E-state index contributed by atoms with van der Waals surface area (Å²) in [4.78, 5) is 19.0. The molecule has 2 aromatic heterocycles. The lowest BCUT2D eigenvalue weighted by molar-refractivity contribution is 0.0697. The molecule has 0 bridgehead atoms. The van der Waals surface area contributed by atoms with E-state index in [4.69, 9.17) is 5.11 Å². The van der Waals surface area contributed by atoms with Crippen molar-refractivity contribution in [2.75, 3.05) is 12.0 Å². The Balaban J connectivity index is 2.37. The highest BCUT2D eigenvalue weighted by molar-refractivity contribution is 7.90. The number of aromatic nitrogens is 4. The lowest BCUT2D eigenvalue weighted by Crippen LogP contribution is -2.11. The van der Waals surface area contributed by atoms with Crippen LogP contribution in [0, 0.1) is 0 Å². The number of hydrogen-bond donors (Lipinski definition) is 1. The van der Waals surface area contributed by atoms with E-state index < -0.39 is 15.8 Å². The Kier molecular flexibility index (Phi) is 3.79. The molecule has 0 aliphatic heterocycles. The molecular formula is C11H12N4O4S. The third kappa shape index (κ3) is 3.38. The molecule has 0 aromatic carbocycles. The maximum absolute atomic E-state index is 11.2. The van der Waals surface area contributed by atoms with Crippen LogP contribution < -0.4 is 0 Å². The summed E-state index contributed by atoms with van der Waals surface area (Å²) in [6.45, 7) is 0.0827. The number of carbonyl (C=O) groups is 1. The van der Waals surface area contributed by atoms with Gasteiger partial charge in [0, 0.05) is 24.8 Å². The predicted octanol–water partition coefficient (Wildman–Crippen LogP) is 0.0829. The van der Waals surface area contributed by atoms with Gasteiger partial charge in [0.25, 0.3) is 0 Å². The van der Waals surface area contributed by atoms with Crippen molar-refractivity contribution in [3.8, 4) is 11.4 Å². The van der Waals surface area contributed by atoms with Crippen molar-refractivity contribution in [2.24, 2.45) is 0 Å². The SMILES string of the molecule is CS(=O)(=O)CCn1cc(C(=O)O)c(-c2cnccn2)n1. The second-order valence-electron chi connectivity index (χ2n) is 4.18. The third-order valence-corrected chi connectivity index (χ3v) is 3.41. The molecule has 106 valence electrons. The molecule has 0 fully saturated rings. The van der Waals surface area contributed by atoms with E-state index in [9.17, 15) is 13.2 Å². The second kappa shape index (κ2) is 5.37. The smallest absolute Gasteiger partial charge is 0.339 e. The van der Waals surface area contributed by atoms with E-state index >= 15 is 0 Å². The number of carboxylic acids is 1. The van der Waals surface area contributed by atoms with Crippen molar-refractivity contribution in [1.82, 2.24) is 19.7 Å². The van der Waals surface area contributed by atoms with Crippen LogP contribution in [-0.4, -0.2) is 51.3 Å². The van der Waals surface area contributed by atoms with E-state index in [1.807, 2.05) is 0 Å². The summed E-state index contributed by atoms with van der Waals surface area (Å²) in [6, 6.07) is 0. The molecule has 1 N–H and O–H groups in total. The summed E-state index contributed by atoms with van der Waals surface area (Å²) in [5.74, 6) is -1.27. The first-order valence-electron chi connectivity index (χ1n) is 5.61. The minimum Gasteiger partial charge on any atom is -0.478 e. The number of nitrogens with zero attached hydrogens (tertiary/aromatic N) is 4. The highest BCUT2D eigenvalue weighted by atomic mass is 32.2. The molecule has 0 saturated heterocycles. The van der Waals surface area contributed by atoms with Crippen LogP contribution in [-0.2, 0) is 16.4 Å². The number of hydrogen-bond acceptors (Lipinski definition) is 6. The standard InChI is InChI=1S/C11H12N4O4S/c1-20(18,19)5-4-15-7-8(11(16)17)10(14-15)9-6-12-2-3-13-9/h2-3,6-7H,4-5H2,1H3,(H,16,17). The van der Waals surface area contributed by atoms with Gasteiger partial charge in [-0.2, -0.15) is 5.10 Å². The number of rotatable bonds is 5. The van der Waals surface area contributed by atoms with Crippen LogP contribution in [0.15, 0.2) is 24.8 Å². The van der Waals surface area contributed by atoms with Crippen LogP contribution in [0.25, 0.3) is 11.4 Å². The van der Waals surface area contributed by atoms with Crippen LogP contribution in [0.1, 0.15) is 10.4 Å². The van der Waals surface area contributed by atoms with Crippen molar-refractivity contribution in [3.63, 3.8) is 0 Å². The van der Waals surface area contributed by atoms with Gasteiger partial charge < -0.3 is 5.11 Å². The molecule has 0 spiro atoms. The van der Waals surface area contributed by atoms with Gasteiger partial charge in [-0.1, -0.05) is 0 Å². The van der Waals surface area contributed by atoms with Crippen LogP contribution in [0.2, 0.25) is 0 Å². The van der Waals surface area contributed by atoms with Crippen molar-refractivity contribution >= 4 is 15.8 Å². The van der Waals surface area contributed by atoms with Gasteiger partial charge >= 0.3 is 5.97 Å². The lowest BCUT2D eigenvalue weighted by atomic mass is 10.2. The molecule has 2 rings (SSSR count). The molecule has 0 amide bonds. The Bertz CT molecular complexity index is 724. The number of aromatic carboxylic acids is 1. The molecule has 20 heavy (non-hydrogen) atoms. The van der Waals surface area contributed by atoms with Gasteiger partial charge in [-0.3, -0.25) is 14.6 Å². The first-order valence-corrected chi connectivity index (χ1v) is 7.68. The Hall–Kier alpha value is -2.29. The first-order chi connectivity index (χ1) is 9.37. The van der Waals surface area contributed by atoms with Gasteiger partial charge in [0.2, 0.25) is 0 Å². The summed E-state index contributed by atoms with van der Waals surface area (Å²) in [6.07, 6.45) is 6.69. The van der Waals surface area contributed by atoms with Gasteiger partial charge in [-0.15, -0.1) is 0 Å². The molecule has 2 aromatic rings. The fourth-order valence-electron chi connectivity index (χ4n) is 1.56. The fourth-order valence-corrected chi connectivity index (χ4v) is 2.08. The topological polar surface area (TPSA) is 115 Å². The van der Waals surface area contributed by atoms with Gasteiger partial charge in [0.15, 0.2) is 0 Å². The normalized spacial score (nSPS) is 11.4.